The van der Waals surface area contributed by atoms with E-state index in [0.717, 1.165) is 111 Å². The standard InChI is InChI=1S/C44H62N4O6S.C43H60N4O6S.C4H8O/c1-9-29(4)35(25-39(49)37-17-13-14-22-47(37)6)43(52)48(7)38(28(2)3)26-40(50)42-46-36(27-55-42)41(51)45-34(23-30(5)44(53)54-8)24-31-18-20-33(21-19-31)32-15-11-10-12-16-32;1-8-28(4)34(24-38(48)36-16-12-13-21-46(36)6)42(51)47(7)37(27(2)3)25-39(49)41-45-35(26-54-41)40(50)44-33(22-29(5)43(52)53)23-30-17-19-32(20-18-30)31-14-10-9-11-15-31;1-2-4-5-3-1/h10-12,15-16,18-21,27-30,34-35,37-38,40,50H,9,13-14,17,22-26H2,1-8H3,(H,45,51);9-11,14-15,17-20,26-29,33-34,36-37,39,49H,8,12-13,16,21-25H2,1-7H3,(H,44,50)(H,52,53);1-4H2/t29?,30-,34+,35-,37?,38?,40+;28?,29-,33+,34-,36?,37?,39+;/m00./s1. The van der Waals surface area contributed by atoms with E-state index in [0.29, 0.717) is 29.3 Å². The van der Waals surface area contributed by atoms with Gasteiger partial charge in [-0.25, -0.2) is 9.97 Å². The second-order valence-corrected chi connectivity index (χ2v) is 34.6. The predicted octanol–water partition coefficient (Wildman–Crippen LogP) is 15.4. The normalized spacial score (nSPS) is 18.4. The number of carbonyl (C=O) groups is 8. The number of esters is 1. The minimum absolute atomic E-state index is 0.00725. The number of likely N-dealkylation sites (tertiary alicyclic amines) is 2. The van der Waals surface area contributed by atoms with Gasteiger partial charge in [0, 0.05) is 99.8 Å². The van der Waals surface area contributed by atoms with E-state index in [1.165, 1.54) is 42.6 Å². The molecule has 3 fully saturated rings. The van der Waals surface area contributed by atoms with Gasteiger partial charge in [0.1, 0.15) is 33.6 Å². The largest absolute Gasteiger partial charge is 0.481 e. The van der Waals surface area contributed by atoms with Crippen LogP contribution in [0.2, 0.25) is 0 Å². The Kier molecular flexibility index (Phi) is 38.2. The first kappa shape index (κ1) is 93.3. The summed E-state index contributed by atoms with van der Waals surface area (Å²) in [5, 5.41) is 42.6. The van der Waals surface area contributed by atoms with Crippen LogP contribution in [0.3, 0.4) is 0 Å². The number of amides is 4. The van der Waals surface area contributed by atoms with Gasteiger partial charge in [0.05, 0.1) is 31.0 Å². The molecule has 3 aliphatic heterocycles. The lowest BCUT2D eigenvalue weighted by molar-refractivity contribution is -0.145. The number of nitrogens with zero attached hydrogens (tertiary/aromatic N) is 6. The van der Waals surface area contributed by atoms with Gasteiger partial charge in [0.25, 0.3) is 11.8 Å². The molecule has 9 rings (SSSR count). The van der Waals surface area contributed by atoms with E-state index in [-0.39, 0.29) is 127 Å². The summed E-state index contributed by atoms with van der Waals surface area (Å²) in [6, 6.07) is 34.5. The molecule has 624 valence electrons. The number of rotatable bonds is 38. The highest BCUT2D eigenvalue weighted by Crippen LogP contribution is 2.35. The Morgan fingerprint density at radius 1 is 0.526 bits per heavy atom. The van der Waals surface area contributed by atoms with E-state index < -0.39 is 59.7 Å². The molecule has 0 aliphatic carbocycles. The Labute approximate surface area is 686 Å². The summed E-state index contributed by atoms with van der Waals surface area (Å²) in [6.45, 7) is 23.4. The number of Topliss-reactive ketones (excluding diaryl/α,β-unsaturated/α-hetero) is 2. The van der Waals surface area contributed by atoms with Crippen LogP contribution in [0.4, 0.5) is 0 Å². The number of hydrogen-bond donors (Lipinski definition) is 5. The van der Waals surface area contributed by atoms with E-state index in [1.54, 1.807) is 48.5 Å². The molecule has 0 bridgehead atoms. The first-order valence-electron chi connectivity index (χ1n) is 41.5. The molecule has 3 aliphatic rings. The number of aliphatic carboxylic acids is 1. The van der Waals surface area contributed by atoms with Crippen molar-refractivity contribution in [2.75, 3.05) is 61.6 Å². The van der Waals surface area contributed by atoms with E-state index in [1.807, 2.05) is 154 Å². The Balaban J connectivity index is 0.000000297. The second kappa shape index (κ2) is 46.7. The number of aliphatic hydroxyl groups excluding tert-OH is 2. The molecule has 5 heterocycles. The van der Waals surface area contributed by atoms with Gasteiger partial charge >= 0.3 is 11.9 Å². The number of thiazole rings is 2. The summed E-state index contributed by atoms with van der Waals surface area (Å²) in [6.07, 6.45) is 10.4. The number of benzene rings is 4. The van der Waals surface area contributed by atoms with Gasteiger partial charge in [-0.2, -0.15) is 0 Å². The van der Waals surface area contributed by atoms with Crippen molar-refractivity contribution in [1.82, 2.24) is 40.2 Å². The summed E-state index contributed by atoms with van der Waals surface area (Å²) in [4.78, 5) is 123. The van der Waals surface area contributed by atoms with Crippen molar-refractivity contribution in [2.24, 2.45) is 47.3 Å². The monoisotopic (exact) mass is 1610 g/mol. The van der Waals surface area contributed by atoms with Gasteiger partial charge in [0.15, 0.2) is 11.6 Å². The number of methoxy groups -OCH3 is 1. The van der Waals surface area contributed by atoms with E-state index in [4.69, 9.17) is 9.47 Å². The van der Waals surface area contributed by atoms with Crippen molar-refractivity contribution in [3.8, 4) is 22.3 Å². The summed E-state index contributed by atoms with van der Waals surface area (Å²) in [5.74, 6) is -3.95. The quantitative estimate of drug-likeness (QED) is 0.0225. The molecule has 0 radical (unpaired) electrons. The number of likely N-dealkylation sites (N-methyl/N-ethyl adjacent to an activating group) is 2. The lowest BCUT2D eigenvalue weighted by atomic mass is 9.83. The number of ketones is 2. The molecule has 4 aromatic carbocycles. The topological polar surface area (TPSA) is 279 Å². The van der Waals surface area contributed by atoms with Gasteiger partial charge in [-0.05, 0) is 148 Å². The van der Waals surface area contributed by atoms with E-state index in [9.17, 15) is 53.7 Å². The molecule has 6 unspecified atom stereocenters. The van der Waals surface area contributed by atoms with Crippen molar-refractivity contribution in [1.29, 1.82) is 0 Å². The van der Waals surface area contributed by atoms with Crippen molar-refractivity contribution in [3.63, 3.8) is 0 Å². The number of nitrogens with one attached hydrogen (secondary N) is 2. The van der Waals surface area contributed by atoms with Gasteiger partial charge in [-0.1, -0.05) is 204 Å². The summed E-state index contributed by atoms with van der Waals surface area (Å²) in [5.41, 5.74) is 6.67. The van der Waals surface area contributed by atoms with Crippen LogP contribution in [-0.2, 0) is 51.1 Å². The molecule has 6 aromatic rings. The maximum atomic E-state index is 14.1. The third kappa shape index (κ3) is 27.9. The summed E-state index contributed by atoms with van der Waals surface area (Å²) >= 11 is 2.38. The lowest BCUT2D eigenvalue weighted by Crippen LogP contribution is -2.48. The fraction of sp³-hybridized carbons (Fsp3) is 0.582. The highest BCUT2D eigenvalue weighted by molar-refractivity contribution is 7.10. The van der Waals surface area contributed by atoms with Crippen molar-refractivity contribution >= 4 is 69.8 Å². The fourth-order valence-electron chi connectivity index (χ4n) is 15.8. The van der Waals surface area contributed by atoms with Crippen LogP contribution >= 0.6 is 22.7 Å². The van der Waals surface area contributed by atoms with Crippen LogP contribution in [0, 0.1) is 47.3 Å². The smallest absolute Gasteiger partial charge is 0.308 e. The minimum atomic E-state index is -1.02. The maximum Gasteiger partial charge on any atom is 0.308 e. The van der Waals surface area contributed by atoms with Crippen LogP contribution in [0.15, 0.2) is 120 Å². The number of piperidine rings is 2. The van der Waals surface area contributed by atoms with Gasteiger partial charge in [0.2, 0.25) is 11.8 Å². The van der Waals surface area contributed by atoms with Crippen LogP contribution in [0.1, 0.15) is 226 Å². The second-order valence-electron chi connectivity index (χ2n) is 32.8. The van der Waals surface area contributed by atoms with Gasteiger partial charge in [-0.15, -0.1) is 22.7 Å². The first-order chi connectivity index (χ1) is 54.4. The molecule has 0 saturated carbocycles. The molecule has 5 N–H and O–H groups in total. The molecule has 14 atom stereocenters. The highest BCUT2D eigenvalue weighted by Gasteiger charge is 2.40. The molecular weight excluding hydrogens is 1480 g/mol. The van der Waals surface area contributed by atoms with Crippen LogP contribution in [-0.4, -0.2) is 190 Å². The number of aromatic nitrogens is 2. The summed E-state index contributed by atoms with van der Waals surface area (Å²) < 4.78 is 9.92. The number of aliphatic hydroxyl groups is 2. The fourth-order valence-corrected chi connectivity index (χ4v) is 17.4. The molecule has 21 nitrogen and oxygen atoms in total. The Bertz CT molecular complexity index is 3960. The number of carbonyl (C=O) groups excluding carboxylic acids is 7. The molecule has 4 amide bonds. The third-order valence-corrected chi connectivity index (χ3v) is 25.4. The Hall–Kier alpha value is -7.90. The van der Waals surface area contributed by atoms with Crippen LogP contribution < -0.4 is 10.6 Å². The van der Waals surface area contributed by atoms with Crippen LogP contribution in [0.25, 0.3) is 22.3 Å². The highest BCUT2D eigenvalue weighted by atomic mass is 32.1. The van der Waals surface area contributed by atoms with E-state index in [2.05, 4.69) is 54.7 Å². The zero-order valence-electron chi connectivity index (χ0n) is 70.3. The van der Waals surface area contributed by atoms with Crippen molar-refractivity contribution in [2.45, 2.75) is 233 Å². The average Bonchev–Trinajstić information content (AvgIpc) is 1.17. The van der Waals surface area contributed by atoms with Gasteiger partial charge < -0.3 is 45.2 Å². The maximum absolute atomic E-state index is 14.1. The first-order valence-corrected chi connectivity index (χ1v) is 43.2. The molecular formula is C91H130N8O13S2. The predicted molar refractivity (Wildman–Crippen MR) is 453 cm³/mol. The molecule has 3 saturated heterocycles. The number of hydrogen-bond acceptors (Lipinski definition) is 18. The number of ether oxygens (including phenoxy) is 2. The van der Waals surface area contributed by atoms with Gasteiger partial charge in [-0.3, -0.25) is 48.2 Å². The van der Waals surface area contributed by atoms with Crippen molar-refractivity contribution < 1.29 is 63.1 Å². The lowest BCUT2D eigenvalue weighted by Gasteiger charge is -2.37. The SMILES string of the molecule is C1CCOC1.CCC(C)[C@H](CC(=O)C1CCCCN1C)C(=O)N(C)C(C[C@@H](O)c1nc(C(=O)N[C@@H](Cc2ccc(-c3ccccc3)cc2)C[C@H](C)C(=O)O)cs1)C(C)C.CCC(C)[C@H](CC(=O)C1CCCCN1C)C(=O)N(C)C(C[C@@H](O)c1nc(C(=O)N[C@@H](Cc2ccc(-c3ccccc3)cc2)C[C@H](C)C(=O)OC)cs1)C(C)C. The Morgan fingerprint density at radius 2 is 0.895 bits per heavy atom. The summed E-state index contributed by atoms with van der Waals surface area (Å²) in [7, 11) is 8.88. The molecule has 23 heteroatoms. The third-order valence-electron chi connectivity index (χ3n) is 23.5. The van der Waals surface area contributed by atoms with Crippen molar-refractivity contribution in [3.05, 3.63) is 152 Å². The number of carboxylic acid groups (broad SMARTS) is 1. The van der Waals surface area contributed by atoms with E-state index >= 15 is 0 Å². The molecule has 2 aromatic heterocycles. The van der Waals surface area contributed by atoms with Crippen LogP contribution in [0.5, 0.6) is 0 Å². The molecule has 114 heavy (non-hydrogen) atoms. The average molecular weight is 1610 g/mol. The molecule has 0 spiro atoms. The zero-order valence-corrected chi connectivity index (χ0v) is 71.9. The number of carboxylic acids is 1. The minimum Gasteiger partial charge on any atom is -0.481 e. The zero-order chi connectivity index (χ0) is 83.3. The Morgan fingerprint density at radius 3 is 1.22 bits per heavy atom.